The zero-order valence-corrected chi connectivity index (χ0v) is 10.1. The largest absolute Gasteiger partial charge is 0.307 e. The number of halogens is 1. The summed E-state index contributed by atoms with van der Waals surface area (Å²) in [6, 6.07) is 0. The maximum absolute atomic E-state index is 11.8. The molecule has 0 atom stereocenters. The molecule has 2 aromatic rings. The van der Waals surface area contributed by atoms with Crippen molar-refractivity contribution < 1.29 is 0 Å². The summed E-state index contributed by atoms with van der Waals surface area (Å²) in [5, 5.41) is 4.37. The molecule has 2 heterocycles. The summed E-state index contributed by atoms with van der Waals surface area (Å²) in [6.07, 6.45) is 5.07. The molecule has 0 bridgehead atoms. The van der Waals surface area contributed by atoms with Crippen LogP contribution < -0.4 is 5.56 Å². The molecule has 1 aliphatic carbocycles. The van der Waals surface area contributed by atoms with Crippen LogP contribution in [0.1, 0.15) is 31.0 Å². The summed E-state index contributed by atoms with van der Waals surface area (Å²) >= 11 is 2.04. The Labute approximate surface area is 99.1 Å². The molecule has 1 saturated carbocycles. The lowest BCUT2D eigenvalue weighted by Gasteiger charge is -2.23. The number of hydrogen-bond acceptors (Lipinski definition) is 3. The Kier molecular flexibility index (Phi) is 2.04. The minimum atomic E-state index is -0.0891. The van der Waals surface area contributed by atoms with Crippen molar-refractivity contribution in [1.29, 1.82) is 0 Å². The second-order valence-corrected chi connectivity index (χ2v) is 4.82. The van der Waals surface area contributed by atoms with Crippen LogP contribution in [0.3, 0.4) is 0 Å². The van der Waals surface area contributed by atoms with Crippen molar-refractivity contribution in [1.82, 2.24) is 19.6 Å². The smallest absolute Gasteiger partial charge is 0.278 e. The fourth-order valence-corrected chi connectivity index (χ4v) is 2.39. The van der Waals surface area contributed by atoms with E-state index in [1.54, 1.807) is 10.8 Å². The van der Waals surface area contributed by atoms with E-state index in [9.17, 15) is 4.79 Å². The summed E-state index contributed by atoms with van der Waals surface area (Å²) in [4.78, 5) is 18.7. The summed E-state index contributed by atoms with van der Waals surface area (Å²) in [6.45, 7) is 0. The molecule has 0 aromatic carbocycles. The number of nitrogens with zero attached hydrogens (tertiary/aromatic N) is 3. The Bertz CT molecular complexity index is 569. The van der Waals surface area contributed by atoms with E-state index in [1.165, 1.54) is 6.42 Å². The highest BCUT2D eigenvalue weighted by molar-refractivity contribution is 14.1. The molecule has 3 rings (SSSR count). The van der Waals surface area contributed by atoms with E-state index in [0.717, 1.165) is 18.7 Å². The molecule has 0 amide bonds. The first-order chi connectivity index (χ1) is 7.25. The third kappa shape index (κ3) is 1.38. The number of imidazole rings is 1. The van der Waals surface area contributed by atoms with Gasteiger partial charge >= 0.3 is 0 Å². The van der Waals surface area contributed by atoms with Crippen LogP contribution >= 0.6 is 22.6 Å². The summed E-state index contributed by atoms with van der Waals surface area (Å²) in [7, 11) is 0. The minimum Gasteiger partial charge on any atom is -0.307 e. The van der Waals surface area contributed by atoms with Crippen LogP contribution in [0.2, 0.25) is 0 Å². The third-order valence-electron chi connectivity index (χ3n) is 2.87. The van der Waals surface area contributed by atoms with Gasteiger partial charge in [-0.15, -0.1) is 0 Å². The fourth-order valence-electron chi connectivity index (χ4n) is 1.77. The van der Waals surface area contributed by atoms with Gasteiger partial charge in [0.05, 0.1) is 0 Å². The van der Waals surface area contributed by atoms with Crippen molar-refractivity contribution in [2.45, 2.75) is 25.2 Å². The van der Waals surface area contributed by atoms with E-state index < -0.39 is 0 Å². The molecule has 0 unspecified atom stereocenters. The van der Waals surface area contributed by atoms with Gasteiger partial charge in [-0.3, -0.25) is 4.79 Å². The van der Waals surface area contributed by atoms with Crippen LogP contribution in [-0.2, 0) is 0 Å². The topological polar surface area (TPSA) is 63.0 Å². The molecule has 1 fully saturated rings. The average Bonchev–Trinajstić information content (AvgIpc) is 2.44. The second kappa shape index (κ2) is 3.29. The molecule has 1 aliphatic rings. The van der Waals surface area contributed by atoms with Crippen LogP contribution in [0, 0.1) is 3.70 Å². The van der Waals surface area contributed by atoms with E-state index in [1.807, 2.05) is 22.6 Å². The Balaban J connectivity index is 2.23. The lowest BCUT2D eigenvalue weighted by molar-refractivity contribution is 0.395. The number of fused-ring (bicyclic) bond motifs is 1. The Morgan fingerprint density at radius 1 is 1.53 bits per heavy atom. The van der Waals surface area contributed by atoms with Gasteiger partial charge in [-0.25, -0.2) is 9.50 Å². The Morgan fingerprint density at radius 2 is 2.33 bits per heavy atom. The lowest BCUT2D eigenvalue weighted by atomic mass is 9.85. The number of aromatic amines is 1. The minimum absolute atomic E-state index is 0.0891. The van der Waals surface area contributed by atoms with E-state index in [-0.39, 0.29) is 5.56 Å². The van der Waals surface area contributed by atoms with Crippen LogP contribution in [0.25, 0.3) is 5.52 Å². The molecule has 0 aliphatic heterocycles. The quantitative estimate of drug-likeness (QED) is 0.807. The zero-order chi connectivity index (χ0) is 10.4. The number of hydrogen-bond donors (Lipinski definition) is 1. The second-order valence-electron chi connectivity index (χ2n) is 3.80. The normalized spacial score (nSPS) is 16.9. The highest BCUT2D eigenvalue weighted by Crippen LogP contribution is 2.33. The molecule has 6 heteroatoms. The van der Waals surface area contributed by atoms with E-state index in [2.05, 4.69) is 15.1 Å². The van der Waals surface area contributed by atoms with Gasteiger partial charge in [-0.05, 0) is 35.4 Å². The van der Waals surface area contributed by atoms with Crippen molar-refractivity contribution >= 4 is 28.1 Å². The Morgan fingerprint density at radius 3 is 3.00 bits per heavy atom. The lowest BCUT2D eigenvalue weighted by Crippen LogP contribution is -2.21. The van der Waals surface area contributed by atoms with Crippen LogP contribution in [0.5, 0.6) is 0 Å². The summed E-state index contributed by atoms with van der Waals surface area (Å²) in [5.74, 6) is 1.23. The van der Waals surface area contributed by atoms with Gasteiger partial charge in [-0.2, -0.15) is 5.10 Å². The van der Waals surface area contributed by atoms with Crippen molar-refractivity contribution in [2.24, 2.45) is 0 Å². The predicted molar refractivity (Wildman–Crippen MR) is 62.9 cm³/mol. The van der Waals surface area contributed by atoms with Gasteiger partial charge in [0.15, 0.2) is 5.52 Å². The SMILES string of the molecule is O=c1[nH]c(C2CCC2)nn2cnc(I)c12. The third-order valence-corrected chi connectivity index (χ3v) is 3.66. The van der Waals surface area contributed by atoms with Crippen molar-refractivity contribution in [3.8, 4) is 0 Å². The van der Waals surface area contributed by atoms with Gasteiger partial charge in [0.2, 0.25) is 0 Å². The van der Waals surface area contributed by atoms with E-state index >= 15 is 0 Å². The average molecular weight is 316 g/mol. The first-order valence-electron chi connectivity index (χ1n) is 4.89. The molecule has 2 aromatic heterocycles. The van der Waals surface area contributed by atoms with E-state index in [0.29, 0.717) is 15.1 Å². The summed E-state index contributed by atoms with van der Waals surface area (Å²) < 4.78 is 2.27. The van der Waals surface area contributed by atoms with Gasteiger partial charge in [0, 0.05) is 5.92 Å². The maximum atomic E-state index is 11.8. The number of nitrogens with one attached hydrogen (secondary N) is 1. The maximum Gasteiger partial charge on any atom is 0.278 e. The molecule has 1 N–H and O–H groups in total. The van der Waals surface area contributed by atoms with Gasteiger partial charge < -0.3 is 4.98 Å². The molecular weight excluding hydrogens is 307 g/mol. The predicted octanol–water partition coefficient (Wildman–Crippen LogP) is 1.29. The number of rotatable bonds is 1. The highest BCUT2D eigenvalue weighted by atomic mass is 127. The highest BCUT2D eigenvalue weighted by Gasteiger charge is 2.23. The van der Waals surface area contributed by atoms with Crippen LogP contribution in [-0.4, -0.2) is 19.6 Å². The van der Waals surface area contributed by atoms with E-state index in [4.69, 9.17) is 0 Å². The van der Waals surface area contributed by atoms with Gasteiger partial charge in [-0.1, -0.05) is 6.42 Å². The first-order valence-corrected chi connectivity index (χ1v) is 5.96. The molecule has 0 radical (unpaired) electrons. The number of aromatic nitrogens is 4. The van der Waals surface area contributed by atoms with Crippen molar-refractivity contribution in [3.63, 3.8) is 0 Å². The molecule has 5 nitrogen and oxygen atoms in total. The van der Waals surface area contributed by atoms with Crippen LogP contribution in [0.4, 0.5) is 0 Å². The molecule has 0 spiro atoms. The number of H-pyrrole nitrogens is 1. The van der Waals surface area contributed by atoms with Crippen LogP contribution in [0.15, 0.2) is 11.1 Å². The van der Waals surface area contributed by atoms with Gasteiger partial charge in [0.1, 0.15) is 15.9 Å². The Hall–Kier alpha value is -0.920. The van der Waals surface area contributed by atoms with Crippen molar-refractivity contribution in [2.75, 3.05) is 0 Å². The standard InChI is InChI=1S/C9H9IN4O/c10-7-6-9(15)12-8(5-2-1-3-5)13-14(6)4-11-7/h4-5H,1-3H2,(H,12,13,15). The molecule has 0 saturated heterocycles. The van der Waals surface area contributed by atoms with Crippen molar-refractivity contribution in [3.05, 3.63) is 26.2 Å². The first kappa shape index (κ1) is 9.32. The monoisotopic (exact) mass is 316 g/mol. The molecule has 78 valence electrons. The zero-order valence-electron chi connectivity index (χ0n) is 7.90. The summed E-state index contributed by atoms with van der Waals surface area (Å²) in [5.41, 5.74) is 0.451. The molecule has 15 heavy (non-hydrogen) atoms. The fraction of sp³-hybridized carbons (Fsp3) is 0.444. The van der Waals surface area contributed by atoms with Gasteiger partial charge in [0.25, 0.3) is 5.56 Å². The molecular formula is C9H9IN4O.